The van der Waals surface area contributed by atoms with E-state index < -0.39 is 10.0 Å². The van der Waals surface area contributed by atoms with Crippen LogP contribution in [0.1, 0.15) is 31.2 Å². The second kappa shape index (κ2) is 6.37. The Morgan fingerprint density at radius 3 is 2.62 bits per heavy atom. The van der Waals surface area contributed by atoms with Gasteiger partial charge < -0.3 is 4.74 Å². The van der Waals surface area contributed by atoms with Crippen molar-refractivity contribution in [3.8, 4) is 0 Å². The third-order valence-electron chi connectivity index (χ3n) is 5.35. The van der Waals surface area contributed by atoms with E-state index >= 15 is 0 Å². The largest absolute Gasteiger partial charge is 0.372 e. The number of sulfonamides is 1. The third kappa shape index (κ3) is 3.64. The van der Waals surface area contributed by atoms with Crippen LogP contribution in [0, 0.1) is 5.92 Å². The molecular formula is C17H25N3O3S. The van der Waals surface area contributed by atoms with Gasteiger partial charge in [0.1, 0.15) is 0 Å². The van der Waals surface area contributed by atoms with Crippen molar-refractivity contribution in [2.24, 2.45) is 5.92 Å². The molecule has 3 heterocycles. The fraction of sp³-hybridized carbons (Fsp3) is 0.706. The molecule has 1 aromatic rings. The Labute approximate surface area is 143 Å². The molecule has 1 N–H and O–H groups in total. The highest BCUT2D eigenvalue weighted by molar-refractivity contribution is 7.90. The Morgan fingerprint density at radius 2 is 2.00 bits per heavy atom. The van der Waals surface area contributed by atoms with Gasteiger partial charge in [-0.1, -0.05) is 0 Å². The molecular weight excluding hydrogens is 326 g/mol. The summed E-state index contributed by atoms with van der Waals surface area (Å²) in [5.41, 5.74) is 1.28. The summed E-state index contributed by atoms with van der Waals surface area (Å²) in [6, 6.07) is 4.10. The molecule has 2 aliphatic heterocycles. The van der Waals surface area contributed by atoms with Crippen LogP contribution in [-0.4, -0.2) is 55.4 Å². The zero-order valence-corrected chi connectivity index (χ0v) is 14.7. The van der Waals surface area contributed by atoms with Gasteiger partial charge in [0, 0.05) is 38.6 Å². The second-order valence-corrected chi connectivity index (χ2v) is 9.54. The summed E-state index contributed by atoms with van der Waals surface area (Å²) < 4.78 is 32.7. The molecule has 0 bridgehead atoms. The summed E-state index contributed by atoms with van der Waals surface area (Å²) in [7, 11) is -3.07. The van der Waals surface area contributed by atoms with Gasteiger partial charge in [-0.3, -0.25) is 9.88 Å². The van der Waals surface area contributed by atoms with Gasteiger partial charge in [-0.15, -0.1) is 0 Å². The lowest BCUT2D eigenvalue weighted by molar-refractivity contribution is -0.181. The number of nitrogens with zero attached hydrogens (tertiary/aromatic N) is 2. The lowest BCUT2D eigenvalue weighted by Crippen LogP contribution is -2.64. The topological polar surface area (TPSA) is 71.5 Å². The number of aromatic nitrogens is 1. The van der Waals surface area contributed by atoms with E-state index in [2.05, 4.69) is 26.7 Å². The Hall–Kier alpha value is -1.02. The molecule has 3 fully saturated rings. The maximum absolute atomic E-state index is 11.9. The van der Waals surface area contributed by atoms with Crippen LogP contribution in [0.4, 0.5) is 0 Å². The number of pyridine rings is 1. The van der Waals surface area contributed by atoms with E-state index in [-0.39, 0.29) is 10.9 Å². The average molecular weight is 351 g/mol. The van der Waals surface area contributed by atoms with Gasteiger partial charge in [0.15, 0.2) is 0 Å². The van der Waals surface area contributed by atoms with Gasteiger partial charge in [0.2, 0.25) is 10.0 Å². The Kier molecular flexibility index (Phi) is 4.36. The highest BCUT2D eigenvalue weighted by Crippen LogP contribution is 2.36. The summed E-state index contributed by atoms with van der Waals surface area (Å²) >= 11 is 0. The van der Waals surface area contributed by atoms with Crippen LogP contribution < -0.4 is 4.72 Å². The van der Waals surface area contributed by atoms with Gasteiger partial charge in [-0.05, 0) is 49.3 Å². The van der Waals surface area contributed by atoms with Gasteiger partial charge in [-0.25, -0.2) is 13.1 Å². The van der Waals surface area contributed by atoms with E-state index in [4.69, 9.17) is 4.74 Å². The van der Waals surface area contributed by atoms with Crippen molar-refractivity contribution in [3.63, 3.8) is 0 Å². The first kappa shape index (κ1) is 16.4. The molecule has 1 atom stereocenters. The molecule has 1 saturated carbocycles. The highest BCUT2D eigenvalue weighted by atomic mass is 32.2. The molecule has 1 spiro atoms. The minimum atomic E-state index is -3.07. The van der Waals surface area contributed by atoms with Crippen molar-refractivity contribution in [3.05, 3.63) is 30.1 Å². The molecule has 0 aromatic carbocycles. The summed E-state index contributed by atoms with van der Waals surface area (Å²) in [5.74, 6) is 0.304. The normalized spacial score (nSPS) is 27.1. The van der Waals surface area contributed by atoms with E-state index in [1.54, 1.807) is 0 Å². The molecule has 0 radical (unpaired) electrons. The fourth-order valence-electron chi connectivity index (χ4n) is 3.68. The lowest BCUT2D eigenvalue weighted by atomic mass is 9.83. The molecule has 6 nitrogen and oxygen atoms in total. The first-order valence-corrected chi connectivity index (χ1v) is 10.3. The van der Waals surface area contributed by atoms with E-state index in [1.807, 2.05) is 12.4 Å². The summed E-state index contributed by atoms with van der Waals surface area (Å²) in [6.45, 7) is 4.07. The van der Waals surface area contributed by atoms with Gasteiger partial charge in [-0.2, -0.15) is 0 Å². The zero-order chi connectivity index (χ0) is 16.6. The average Bonchev–Trinajstić information content (AvgIpc) is 3.39. The maximum atomic E-state index is 11.9. The SMILES string of the molecule is O=S(=O)(NC[C@@H]1CCC2(CN(Cc3ccncc3)C2)OC1)C1CC1. The molecule has 0 unspecified atom stereocenters. The molecule has 4 rings (SSSR count). The van der Waals surface area contributed by atoms with Crippen molar-refractivity contribution in [2.75, 3.05) is 26.2 Å². The first-order chi connectivity index (χ1) is 11.5. The monoisotopic (exact) mass is 351 g/mol. The van der Waals surface area contributed by atoms with Crippen LogP contribution >= 0.6 is 0 Å². The molecule has 2 saturated heterocycles. The minimum absolute atomic E-state index is 0.00109. The Bertz CT molecular complexity index is 660. The smallest absolute Gasteiger partial charge is 0.214 e. The highest BCUT2D eigenvalue weighted by Gasteiger charge is 2.46. The van der Waals surface area contributed by atoms with Crippen molar-refractivity contribution in [2.45, 2.75) is 43.1 Å². The van der Waals surface area contributed by atoms with E-state index in [0.29, 0.717) is 19.1 Å². The number of hydrogen-bond acceptors (Lipinski definition) is 5. The summed E-state index contributed by atoms with van der Waals surface area (Å²) in [6.07, 6.45) is 7.34. The summed E-state index contributed by atoms with van der Waals surface area (Å²) in [5, 5.41) is -0.137. The molecule has 132 valence electrons. The summed E-state index contributed by atoms with van der Waals surface area (Å²) in [4.78, 5) is 6.44. The van der Waals surface area contributed by atoms with Gasteiger partial charge in [0.25, 0.3) is 0 Å². The molecule has 1 aliphatic carbocycles. The number of nitrogens with one attached hydrogen (secondary N) is 1. The Balaban J connectivity index is 1.20. The lowest BCUT2D eigenvalue weighted by Gasteiger charge is -2.53. The molecule has 0 amide bonds. The number of likely N-dealkylation sites (tertiary alicyclic amines) is 1. The maximum Gasteiger partial charge on any atom is 0.214 e. The minimum Gasteiger partial charge on any atom is -0.372 e. The van der Waals surface area contributed by atoms with Gasteiger partial charge >= 0.3 is 0 Å². The van der Waals surface area contributed by atoms with Crippen molar-refractivity contribution < 1.29 is 13.2 Å². The van der Waals surface area contributed by atoms with Crippen molar-refractivity contribution in [1.29, 1.82) is 0 Å². The third-order valence-corrected chi connectivity index (χ3v) is 7.27. The van der Waals surface area contributed by atoms with E-state index in [0.717, 1.165) is 45.3 Å². The quantitative estimate of drug-likeness (QED) is 0.832. The Morgan fingerprint density at radius 1 is 1.25 bits per heavy atom. The number of rotatable bonds is 6. The predicted molar refractivity (Wildman–Crippen MR) is 90.9 cm³/mol. The standard InChI is InChI=1S/C17H25N3O3S/c21-24(22,16-1-2-16)19-9-15-3-6-17(23-11-15)12-20(13-17)10-14-4-7-18-8-5-14/h4-5,7-8,15-16,19H,1-3,6,9-13H2/t15-/m0/s1. The van der Waals surface area contributed by atoms with Crippen LogP contribution in [0.2, 0.25) is 0 Å². The van der Waals surface area contributed by atoms with Crippen LogP contribution in [0.15, 0.2) is 24.5 Å². The van der Waals surface area contributed by atoms with Crippen LogP contribution in [0.3, 0.4) is 0 Å². The van der Waals surface area contributed by atoms with Crippen molar-refractivity contribution >= 4 is 10.0 Å². The molecule has 24 heavy (non-hydrogen) atoms. The number of ether oxygens (including phenoxy) is 1. The van der Waals surface area contributed by atoms with Crippen molar-refractivity contribution in [1.82, 2.24) is 14.6 Å². The molecule has 7 heteroatoms. The van der Waals surface area contributed by atoms with E-state index in [9.17, 15) is 8.42 Å². The number of hydrogen-bond donors (Lipinski definition) is 1. The molecule has 3 aliphatic rings. The van der Waals surface area contributed by atoms with E-state index in [1.165, 1.54) is 5.56 Å². The van der Waals surface area contributed by atoms with Crippen LogP contribution in [-0.2, 0) is 21.3 Å². The molecule has 1 aromatic heterocycles. The van der Waals surface area contributed by atoms with Crippen LogP contribution in [0.25, 0.3) is 0 Å². The predicted octanol–water partition coefficient (Wildman–Crippen LogP) is 1.14. The van der Waals surface area contributed by atoms with Gasteiger partial charge in [0.05, 0.1) is 17.5 Å². The zero-order valence-electron chi connectivity index (χ0n) is 13.9. The second-order valence-electron chi connectivity index (χ2n) is 7.49. The first-order valence-electron chi connectivity index (χ1n) is 8.78. The fourth-order valence-corrected chi connectivity index (χ4v) is 5.15. The van der Waals surface area contributed by atoms with Crippen LogP contribution in [0.5, 0.6) is 0 Å².